The maximum absolute atomic E-state index is 13.3. The number of nitrogens with zero attached hydrogens (tertiary/aromatic N) is 2. The van der Waals surface area contributed by atoms with E-state index >= 15 is 0 Å². The molecule has 0 spiro atoms. The number of aromatic amines is 1. The number of imidazole rings is 1. The highest BCUT2D eigenvalue weighted by Crippen LogP contribution is 2.46. The van der Waals surface area contributed by atoms with Crippen molar-refractivity contribution in [1.82, 2.24) is 9.97 Å². The lowest BCUT2D eigenvalue weighted by molar-refractivity contribution is -0.137. The first-order chi connectivity index (χ1) is 14.3. The number of alkyl halides is 3. The van der Waals surface area contributed by atoms with E-state index in [1.807, 2.05) is 0 Å². The number of carbonyl (C=O) groups excluding carboxylic acids is 1. The lowest BCUT2D eigenvalue weighted by Crippen LogP contribution is -2.45. The van der Waals surface area contributed by atoms with Gasteiger partial charge in [-0.3, -0.25) is 9.69 Å². The molecule has 1 aromatic heterocycles. The number of halogens is 3. The zero-order valence-corrected chi connectivity index (χ0v) is 15.3. The van der Waals surface area contributed by atoms with E-state index in [1.165, 1.54) is 18.5 Å². The van der Waals surface area contributed by atoms with Crippen LogP contribution < -0.4 is 4.90 Å². The maximum atomic E-state index is 13.3. The molecular formula is C22H14F3N3O2. The molecule has 5 nitrogen and oxygen atoms in total. The summed E-state index contributed by atoms with van der Waals surface area (Å²) in [5, 5.41) is 11.9. The van der Waals surface area contributed by atoms with Gasteiger partial charge in [0.25, 0.3) is 5.91 Å². The molecule has 1 atom stereocenters. The van der Waals surface area contributed by atoms with E-state index in [0.717, 1.165) is 17.0 Å². The second-order valence-electron chi connectivity index (χ2n) is 7.04. The van der Waals surface area contributed by atoms with E-state index < -0.39 is 23.4 Å². The largest absolute Gasteiger partial charge is 0.416 e. The van der Waals surface area contributed by atoms with Crippen LogP contribution in [-0.4, -0.2) is 21.0 Å². The maximum Gasteiger partial charge on any atom is 0.416 e. The number of amides is 1. The Bertz CT molecular complexity index is 1300. The summed E-state index contributed by atoms with van der Waals surface area (Å²) in [5.74, 6) is -0.586. The Morgan fingerprint density at radius 1 is 1.00 bits per heavy atom. The number of aliphatic hydroxyl groups is 1. The number of rotatable bonds is 2. The number of benzene rings is 3. The molecule has 1 aliphatic rings. The fraction of sp³-hybridized carbons (Fsp3) is 0.0909. The van der Waals surface area contributed by atoms with Gasteiger partial charge in [-0.1, -0.05) is 30.3 Å². The van der Waals surface area contributed by atoms with Gasteiger partial charge in [0.05, 0.1) is 22.9 Å². The molecule has 5 rings (SSSR count). The van der Waals surface area contributed by atoms with Gasteiger partial charge in [0, 0.05) is 22.4 Å². The summed E-state index contributed by atoms with van der Waals surface area (Å²) in [7, 11) is 0. The highest BCUT2D eigenvalue weighted by Gasteiger charge is 2.51. The fourth-order valence-electron chi connectivity index (χ4n) is 3.92. The Hall–Kier alpha value is -3.65. The lowest BCUT2D eigenvalue weighted by atomic mass is 9.93. The Labute approximate surface area is 168 Å². The van der Waals surface area contributed by atoms with Crippen LogP contribution >= 0.6 is 0 Å². The van der Waals surface area contributed by atoms with Gasteiger partial charge in [0.1, 0.15) is 0 Å². The number of anilines is 1. The Morgan fingerprint density at radius 3 is 2.60 bits per heavy atom. The van der Waals surface area contributed by atoms with Crippen molar-refractivity contribution >= 4 is 22.6 Å². The first-order valence-electron chi connectivity index (χ1n) is 9.07. The van der Waals surface area contributed by atoms with Crippen LogP contribution in [0.5, 0.6) is 0 Å². The van der Waals surface area contributed by atoms with Crippen LogP contribution in [0.15, 0.2) is 73.1 Å². The molecule has 0 aliphatic carbocycles. The lowest BCUT2D eigenvalue weighted by Gasteiger charge is -2.35. The van der Waals surface area contributed by atoms with Crippen molar-refractivity contribution in [3.63, 3.8) is 0 Å². The molecule has 0 fully saturated rings. The van der Waals surface area contributed by atoms with E-state index in [2.05, 4.69) is 9.97 Å². The predicted molar refractivity (Wildman–Crippen MR) is 104 cm³/mol. The molecule has 0 saturated heterocycles. The molecule has 1 aliphatic heterocycles. The van der Waals surface area contributed by atoms with Gasteiger partial charge in [-0.05, 0) is 36.4 Å². The molecule has 8 heteroatoms. The molecule has 1 amide bonds. The average molecular weight is 409 g/mol. The number of hydrogen-bond acceptors (Lipinski definition) is 3. The van der Waals surface area contributed by atoms with Crippen molar-refractivity contribution in [2.24, 2.45) is 0 Å². The number of hydrogen-bond donors (Lipinski definition) is 2. The minimum absolute atomic E-state index is 0.0572. The van der Waals surface area contributed by atoms with E-state index in [4.69, 9.17) is 0 Å². The Kier molecular flexibility index (Phi) is 3.78. The van der Waals surface area contributed by atoms with Crippen LogP contribution in [0.2, 0.25) is 0 Å². The molecule has 0 bridgehead atoms. The summed E-state index contributed by atoms with van der Waals surface area (Å²) in [4.78, 5) is 21.3. The van der Waals surface area contributed by atoms with Crippen LogP contribution in [-0.2, 0) is 11.9 Å². The van der Waals surface area contributed by atoms with Gasteiger partial charge in [0.15, 0.2) is 5.72 Å². The van der Waals surface area contributed by atoms with Crippen molar-refractivity contribution < 1.29 is 23.1 Å². The number of fused-ring (bicyclic) bond motifs is 2. The highest BCUT2D eigenvalue weighted by atomic mass is 19.4. The SMILES string of the molecule is O=C1c2ccccc2C(O)(c2ccc3nc[nH]c3c2)N1c1cccc(C(F)(F)F)c1. The van der Waals surface area contributed by atoms with E-state index in [1.54, 1.807) is 42.5 Å². The topological polar surface area (TPSA) is 69.2 Å². The average Bonchev–Trinajstić information content (AvgIpc) is 3.29. The van der Waals surface area contributed by atoms with Crippen LogP contribution in [0.4, 0.5) is 18.9 Å². The standard InChI is InChI=1S/C22H14F3N3O2/c23-22(24,25)14-4-3-5-15(10-14)28-20(29)16-6-1-2-7-17(16)21(28,30)13-8-9-18-19(11-13)27-12-26-18/h1-12,30H,(H,26,27). The van der Waals surface area contributed by atoms with Gasteiger partial charge in [-0.15, -0.1) is 0 Å². The zero-order chi connectivity index (χ0) is 21.1. The number of nitrogens with one attached hydrogen (secondary N) is 1. The summed E-state index contributed by atoms with van der Waals surface area (Å²) in [6, 6.07) is 15.8. The molecule has 2 heterocycles. The highest BCUT2D eigenvalue weighted by molar-refractivity contribution is 6.12. The third kappa shape index (κ3) is 2.54. The summed E-state index contributed by atoms with van der Waals surface area (Å²) >= 11 is 0. The third-order valence-corrected chi connectivity index (χ3v) is 5.31. The summed E-state index contributed by atoms with van der Waals surface area (Å²) < 4.78 is 39.9. The molecular weight excluding hydrogens is 395 g/mol. The van der Waals surface area contributed by atoms with Gasteiger partial charge in [-0.2, -0.15) is 13.2 Å². The molecule has 0 saturated carbocycles. The van der Waals surface area contributed by atoms with Crippen molar-refractivity contribution in [1.29, 1.82) is 0 Å². The second kappa shape index (κ2) is 6.17. The molecule has 2 N–H and O–H groups in total. The smallest absolute Gasteiger partial charge is 0.363 e. The zero-order valence-electron chi connectivity index (χ0n) is 15.3. The number of aromatic nitrogens is 2. The predicted octanol–water partition coefficient (Wildman–Crippen LogP) is 4.44. The van der Waals surface area contributed by atoms with Crippen LogP contribution in [0.25, 0.3) is 11.0 Å². The van der Waals surface area contributed by atoms with Crippen LogP contribution in [0.3, 0.4) is 0 Å². The molecule has 150 valence electrons. The third-order valence-electron chi connectivity index (χ3n) is 5.31. The normalized spacial score (nSPS) is 18.8. The Balaban J connectivity index is 1.76. The van der Waals surface area contributed by atoms with Crippen molar-refractivity contribution in [3.05, 3.63) is 95.3 Å². The minimum atomic E-state index is -4.58. The van der Waals surface area contributed by atoms with E-state index in [-0.39, 0.29) is 11.3 Å². The molecule has 4 aromatic rings. The van der Waals surface area contributed by atoms with Crippen molar-refractivity contribution in [2.45, 2.75) is 11.9 Å². The Morgan fingerprint density at radius 2 is 1.80 bits per heavy atom. The molecule has 0 radical (unpaired) electrons. The number of carbonyl (C=O) groups is 1. The van der Waals surface area contributed by atoms with Crippen molar-refractivity contribution in [2.75, 3.05) is 4.90 Å². The van der Waals surface area contributed by atoms with Crippen LogP contribution in [0, 0.1) is 0 Å². The van der Waals surface area contributed by atoms with Crippen LogP contribution in [0.1, 0.15) is 27.0 Å². The summed E-state index contributed by atoms with van der Waals surface area (Å²) in [6.45, 7) is 0. The minimum Gasteiger partial charge on any atom is -0.363 e. The number of H-pyrrole nitrogens is 1. The summed E-state index contributed by atoms with van der Waals surface area (Å²) in [6.07, 6.45) is -3.09. The fourth-order valence-corrected chi connectivity index (χ4v) is 3.92. The molecule has 30 heavy (non-hydrogen) atoms. The van der Waals surface area contributed by atoms with E-state index in [9.17, 15) is 23.1 Å². The quantitative estimate of drug-likeness (QED) is 0.515. The van der Waals surface area contributed by atoms with Gasteiger partial charge < -0.3 is 10.1 Å². The second-order valence-corrected chi connectivity index (χ2v) is 7.04. The molecule has 1 unspecified atom stereocenters. The van der Waals surface area contributed by atoms with Gasteiger partial charge in [0.2, 0.25) is 0 Å². The first-order valence-corrected chi connectivity index (χ1v) is 9.07. The van der Waals surface area contributed by atoms with E-state index in [0.29, 0.717) is 22.2 Å². The monoisotopic (exact) mass is 409 g/mol. The van der Waals surface area contributed by atoms with Gasteiger partial charge in [-0.25, -0.2) is 4.98 Å². The van der Waals surface area contributed by atoms with Gasteiger partial charge >= 0.3 is 6.18 Å². The summed E-state index contributed by atoms with van der Waals surface area (Å²) in [5.41, 5.74) is -0.818. The molecule has 3 aromatic carbocycles. The van der Waals surface area contributed by atoms with Crippen molar-refractivity contribution in [3.8, 4) is 0 Å². The first kappa shape index (κ1) is 18.4.